The monoisotopic (exact) mass is 291 g/mol. The number of carbonyl (C=O) groups is 1. The number of nitrogens with one attached hydrogen (secondary N) is 3. The molecule has 0 amide bonds. The van der Waals surface area contributed by atoms with Gasteiger partial charge in [-0.25, -0.2) is 30.6 Å². The Kier molecular flexibility index (Phi) is 54.8. The molecule has 0 aliphatic carbocycles. The number of nitrogens with two attached hydrogens (primary N) is 2. The minimum atomic E-state index is -0.933. The molecule has 0 aromatic rings. The van der Waals surface area contributed by atoms with Gasteiger partial charge in [0.25, 0.3) is 0 Å². The number of carboxylic acid groups (broad SMARTS) is 1. The molecule has 0 rings (SSSR count). The van der Waals surface area contributed by atoms with Crippen LogP contribution < -0.4 is 11.5 Å². The van der Waals surface area contributed by atoms with Gasteiger partial charge >= 0.3 is 5.97 Å². The Morgan fingerprint density at radius 1 is 1.05 bits per heavy atom. The summed E-state index contributed by atoms with van der Waals surface area (Å²) in [6, 6.07) is -0.716. The van der Waals surface area contributed by atoms with Crippen LogP contribution in [0.2, 0.25) is 0 Å². The van der Waals surface area contributed by atoms with Crippen LogP contribution in [0.5, 0.6) is 0 Å². The van der Waals surface area contributed by atoms with Crippen LogP contribution in [0.3, 0.4) is 0 Å². The van der Waals surface area contributed by atoms with Crippen molar-refractivity contribution in [3.05, 3.63) is 0 Å². The first kappa shape index (κ1) is 30.5. The maximum Gasteiger partial charge on any atom is 0.320 e. The van der Waals surface area contributed by atoms with E-state index in [4.69, 9.17) is 47.2 Å². The number of carbonyl (C=O) groups excluding carboxylic acids is 3. The minimum absolute atomic E-state index is 0. The van der Waals surface area contributed by atoms with Crippen molar-refractivity contribution in [1.82, 2.24) is 0 Å². The normalized spacial score (nSPS) is 7.70. The summed E-state index contributed by atoms with van der Waals surface area (Å²) >= 11 is 0. The van der Waals surface area contributed by atoms with Crippen LogP contribution in [0.1, 0.15) is 26.7 Å². The highest BCUT2D eigenvalue weighted by Crippen LogP contribution is 1.96. The lowest BCUT2D eigenvalue weighted by Crippen LogP contribution is -2.29. The van der Waals surface area contributed by atoms with E-state index in [1.54, 1.807) is 0 Å². The summed E-state index contributed by atoms with van der Waals surface area (Å²) in [5, 5.41) is 24.5. The lowest BCUT2D eigenvalue weighted by molar-refractivity contribution is -0.138. The van der Waals surface area contributed by atoms with Gasteiger partial charge in [0, 0.05) is 0 Å². The van der Waals surface area contributed by atoms with E-state index in [2.05, 4.69) is 0 Å². The van der Waals surface area contributed by atoms with Gasteiger partial charge < -0.3 is 16.6 Å². The fraction of sp³-hybridized carbons (Fsp3) is 0.600. The molecule has 0 aliphatic rings. The predicted octanol–water partition coefficient (Wildman–Crippen LogP) is -0.134. The fourth-order valence-electron chi connectivity index (χ4n) is 0.632. The van der Waals surface area contributed by atoms with Gasteiger partial charge in [-0.05, 0) is 19.4 Å². The molecule has 0 fully saturated rings. The average molecular weight is 291 g/mol. The van der Waals surface area contributed by atoms with Crippen molar-refractivity contribution < 1.29 is 24.3 Å². The molecule has 10 nitrogen and oxygen atoms in total. The van der Waals surface area contributed by atoms with Gasteiger partial charge in [-0.1, -0.05) is 13.8 Å². The largest absolute Gasteiger partial charge is 0.480 e. The van der Waals surface area contributed by atoms with E-state index in [0.29, 0.717) is 13.0 Å². The Labute approximate surface area is 116 Å². The second-order valence-corrected chi connectivity index (χ2v) is 2.54. The van der Waals surface area contributed by atoms with Crippen LogP contribution in [-0.4, -0.2) is 41.9 Å². The van der Waals surface area contributed by atoms with E-state index in [1.807, 2.05) is 0 Å². The number of hydrogen-bond acceptors (Lipinski definition) is 9. The Bertz CT molecular complexity index is 275. The van der Waals surface area contributed by atoms with Crippen molar-refractivity contribution in [2.24, 2.45) is 11.5 Å². The maximum atomic E-state index is 10.1. The topological polar surface area (TPSA) is 212 Å². The Morgan fingerprint density at radius 3 is 1.55 bits per heavy atom. The van der Waals surface area contributed by atoms with Crippen molar-refractivity contribution in [3.63, 3.8) is 0 Å². The molecule has 0 heterocycles. The Balaban J connectivity index is -0.0000000626. The fourth-order valence-corrected chi connectivity index (χ4v) is 0.632. The average Bonchev–Trinajstić information content (AvgIpc) is 2.32. The zero-order valence-electron chi connectivity index (χ0n) is 10.1. The lowest BCUT2D eigenvalue weighted by atomic mass is 10.1. The minimum Gasteiger partial charge on any atom is -0.480 e. The van der Waals surface area contributed by atoms with Crippen LogP contribution in [-0.2, 0) is 19.2 Å². The van der Waals surface area contributed by atoms with Gasteiger partial charge in [-0.15, -0.1) is 0 Å². The smallest absolute Gasteiger partial charge is 0.320 e. The summed E-state index contributed by atoms with van der Waals surface area (Å²) in [6.07, 6.45) is 4.41. The van der Waals surface area contributed by atoms with Gasteiger partial charge in [0.1, 0.15) is 6.04 Å². The third-order valence-electron chi connectivity index (χ3n) is 1.29. The summed E-state index contributed by atoms with van der Waals surface area (Å²) in [6.45, 7) is 0.604. The van der Waals surface area contributed by atoms with Crippen LogP contribution >= 0.6 is 0 Å². The highest BCUT2D eigenvalue weighted by molar-refractivity contribution is 5.72. The van der Waals surface area contributed by atoms with Crippen LogP contribution in [0.25, 0.3) is 0 Å². The van der Waals surface area contributed by atoms with Crippen molar-refractivity contribution in [2.75, 3.05) is 6.54 Å². The molecule has 0 aromatic heterocycles. The molecule has 8 N–H and O–H groups in total. The van der Waals surface area contributed by atoms with Crippen molar-refractivity contribution in [3.8, 4) is 0 Å². The highest BCUT2D eigenvalue weighted by Gasteiger charge is 2.09. The quantitative estimate of drug-likeness (QED) is 0.229. The molecule has 116 valence electrons. The SMILES string of the molecule is C.N=C=O.N=C=O.N=C=O.NCCCCC(N)C(=O)O. The van der Waals surface area contributed by atoms with Crippen molar-refractivity contribution in [2.45, 2.75) is 32.7 Å². The van der Waals surface area contributed by atoms with E-state index in [1.165, 1.54) is 0 Å². The Hall–Kier alpha value is -2.47. The van der Waals surface area contributed by atoms with Gasteiger partial charge in [0.15, 0.2) is 0 Å². The van der Waals surface area contributed by atoms with E-state index >= 15 is 0 Å². The molecule has 0 aliphatic heterocycles. The number of aliphatic carboxylic acids is 1. The first-order valence-electron chi connectivity index (χ1n) is 4.73. The van der Waals surface area contributed by atoms with E-state index in [0.717, 1.165) is 31.1 Å². The third kappa shape index (κ3) is 76.9. The molecule has 10 heteroatoms. The lowest BCUT2D eigenvalue weighted by Gasteiger charge is -2.03. The molecular formula is C10H21N5O5. The second kappa shape index (κ2) is 36.0. The molecule has 0 bridgehead atoms. The van der Waals surface area contributed by atoms with Gasteiger partial charge in [-0.2, -0.15) is 0 Å². The molecule has 0 spiro atoms. The van der Waals surface area contributed by atoms with Crippen LogP contribution in [0.15, 0.2) is 0 Å². The van der Waals surface area contributed by atoms with E-state index < -0.39 is 12.0 Å². The zero-order chi connectivity index (χ0) is 16.1. The number of unbranched alkanes of at least 4 members (excludes halogenated alkanes) is 1. The predicted molar refractivity (Wildman–Crippen MR) is 70.5 cm³/mol. The standard InChI is InChI=1S/C6H14N2O2.3CHNO.CH4/c7-4-2-1-3-5(8)6(9)10;3*2-1-3;/h5H,1-4,7-8H2,(H,9,10);3*2H;1H4. The summed E-state index contributed by atoms with van der Waals surface area (Å²) in [5.74, 6) is -0.933. The van der Waals surface area contributed by atoms with Gasteiger partial charge in [0.05, 0.1) is 0 Å². The molecule has 0 saturated carbocycles. The van der Waals surface area contributed by atoms with Gasteiger partial charge in [0.2, 0.25) is 18.2 Å². The molecule has 1 atom stereocenters. The molecule has 1 unspecified atom stereocenters. The summed E-state index contributed by atoms with van der Waals surface area (Å²) in [5.41, 5.74) is 10.4. The highest BCUT2D eigenvalue weighted by atomic mass is 16.4. The maximum absolute atomic E-state index is 10.1. The number of hydrogen-bond donors (Lipinski definition) is 6. The molecule has 0 saturated heterocycles. The van der Waals surface area contributed by atoms with Crippen molar-refractivity contribution >= 4 is 24.2 Å². The number of carboxylic acids is 1. The first-order valence-corrected chi connectivity index (χ1v) is 4.73. The van der Waals surface area contributed by atoms with Crippen LogP contribution in [0, 0.1) is 16.2 Å². The molecule has 0 aromatic carbocycles. The first-order chi connectivity index (χ1) is 8.92. The third-order valence-corrected chi connectivity index (χ3v) is 1.29. The number of rotatable bonds is 5. The summed E-state index contributed by atoms with van der Waals surface area (Å²) in [7, 11) is 0. The zero-order valence-corrected chi connectivity index (χ0v) is 10.1. The van der Waals surface area contributed by atoms with Crippen molar-refractivity contribution in [1.29, 1.82) is 16.2 Å². The molecule has 0 radical (unpaired) electrons. The molecule has 20 heavy (non-hydrogen) atoms. The Morgan fingerprint density at radius 2 is 1.35 bits per heavy atom. The van der Waals surface area contributed by atoms with E-state index in [9.17, 15) is 4.79 Å². The van der Waals surface area contributed by atoms with E-state index in [-0.39, 0.29) is 7.43 Å². The molecular weight excluding hydrogens is 270 g/mol. The van der Waals surface area contributed by atoms with Gasteiger partial charge in [-0.3, -0.25) is 4.79 Å². The second-order valence-electron chi connectivity index (χ2n) is 2.54. The summed E-state index contributed by atoms with van der Waals surface area (Å²) < 4.78 is 0. The van der Waals surface area contributed by atoms with Crippen LogP contribution in [0.4, 0.5) is 0 Å². The number of isocyanates is 3. The summed E-state index contributed by atoms with van der Waals surface area (Å²) in [4.78, 5) is 35.2.